The molecule has 19 heavy (non-hydrogen) atoms. The van der Waals surface area contributed by atoms with Gasteiger partial charge in [0.15, 0.2) is 0 Å². The summed E-state index contributed by atoms with van der Waals surface area (Å²) in [5, 5.41) is 0. The van der Waals surface area contributed by atoms with E-state index in [1.807, 2.05) is 30.3 Å². The van der Waals surface area contributed by atoms with Crippen LogP contribution in [0, 0.1) is 0 Å². The predicted octanol–water partition coefficient (Wildman–Crippen LogP) is 3.87. The molecule has 0 saturated heterocycles. The van der Waals surface area contributed by atoms with Crippen LogP contribution in [-0.2, 0) is 12.8 Å². The van der Waals surface area contributed by atoms with Crippen LogP contribution in [0.25, 0.3) is 0 Å². The van der Waals surface area contributed by atoms with Crippen molar-refractivity contribution in [1.29, 1.82) is 0 Å². The molecular weight excluding hydrogens is 255 g/mol. The third kappa shape index (κ3) is 3.40. The second kappa shape index (κ2) is 5.22. The van der Waals surface area contributed by atoms with E-state index in [1.54, 1.807) is 0 Å². The lowest BCUT2D eigenvalue weighted by Gasteiger charge is -2.12. The third-order valence-corrected chi connectivity index (χ3v) is 2.58. The van der Waals surface area contributed by atoms with E-state index in [0.717, 1.165) is 17.7 Å². The third-order valence-electron chi connectivity index (χ3n) is 2.58. The summed E-state index contributed by atoms with van der Waals surface area (Å²) in [5.41, 5.74) is 5.88. The fourth-order valence-corrected chi connectivity index (χ4v) is 1.57. The molecule has 0 fully saturated rings. The molecule has 0 unspecified atom stereocenters. The molecule has 2 nitrogen and oxygen atoms in total. The minimum atomic E-state index is -4.40. The van der Waals surface area contributed by atoms with Gasteiger partial charge in [-0.2, -0.15) is 13.2 Å². The molecule has 0 aliphatic rings. The lowest BCUT2D eigenvalue weighted by molar-refractivity contribution is -0.137. The Hall–Kier alpha value is -2.17. The SMILES string of the molecule is Nc1ccc(C(F)(F)F)cc1OCc1ccccc1. The molecule has 0 saturated carbocycles. The lowest BCUT2D eigenvalue weighted by Crippen LogP contribution is -2.06. The molecule has 100 valence electrons. The number of hydrogen-bond donors (Lipinski definition) is 1. The van der Waals surface area contributed by atoms with Crippen molar-refractivity contribution in [2.75, 3.05) is 5.73 Å². The van der Waals surface area contributed by atoms with Gasteiger partial charge in [-0.05, 0) is 23.8 Å². The zero-order valence-electron chi connectivity index (χ0n) is 9.95. The molecule has 2 aromatic carbocycles. The second-order valence-electron chi connectivity index (χ2n) is 4.02. The summed E-state index contributed by atoms with van der Waals surface area (Å²) in [5.74, 6) is 0.0404. The first-order valence-corrected chi connectivity index (χ1v) is 5.60. The van der Waals surface area contributed by atoms with E-state index in [4.69, 9.17) is 10.5 Å². The minimum absolute atomic E-state index is 0.0404. The maximum atomic E-state index is 12.6. The van der Waals surface area contributed by atoms with Gasteiger partial charge in [0.2, 0.25) is 0 Å². The number of alkyl halides is 3. The van der Waals surface area contributed by atoms with Gasteiger partial charge in [-0.15, -0.1) is 0 Å². The molecule has 0 heterocycles. The number of benzene rings is 2. The van der Waals surface area contributed by atoms with Crippen LogP contribution in [0.4, 0.5) is 18.9 Å². The summed E-state index contributed by atoms with van der Waals surface area (Å²) in [7, 11) is 0. The van der Waals surface area contributed by atoms with Crippen molar-refractivity contribution in [3.05, 3.63) is 59.7 Å². The zero-order valence-corrected chi connectivity index (χ0v) is 9.95. The summed E-state index contributed by atoms with van der Waals surface area (Å²) >= 11 is 0. The molecule has 0 aliphatic heterocycles. The molecule has 0 spiro atoms. The van der Waals surface area contributed by atoms with Gasteiger partial charge in [0.05, 0.1) is 11.3 Å². The molecule has 2 rings (SSSR count). The van der Waals surface area contributed by atoms with Crippen molar-refractivity contribution in [1.82, 2.24) is 0 Å². The monoisotopic (exact) mass is 267 g/mol. The van der Waals surface area contributed by atoms with Gasteiger partial charge in [0.1, 0.15) is 12.4 Å². The van der Waals surface area contributed by atoms with Crippen molar-refractivity contribution in [3.8, 4) is 5.75 Å². The van der Waals surface area contributed by atoms with Gasteiger partial charge in [-0.25, -0.2) is 0 Å². The Morgan fingerprint density at radius 1 is 1.00 bits per heavy atom. The highest BCUT2D eigenvalue weighted by atomic mass is 19.4. The first-order chi connectivity index (χ1) is 8.97. The Labute approximate surface area is 108 Å². The first-order valence-electron chi connectivity index (χ1n) is 5.60. The van der Waals surface area contributed by atoms with Gasteiger partial charge >= 0.3 is 6.18 Å². The van der Waals surface area contributed by atoms with Crippen LogP contribution in [-0.4, -0.2) is 0 Å². The van der Waals surface area contributed by atoms with Crippen molar-refractivity contribution >= 4 is 5.69 Å². The predicted molar refractivity (Wildman–Crippen MR) is 66.6 cm³/mol. The number of halogens is 3. The van der Waals surface area contributed by atoms with Crippen LogP contribution in [0.2, 0.25) is 0 Å². The molecule has 0 amide bonds. The Kier molecular flexibility index (Phi) is 3.64. The Morgan fingerprint density at radius 2 is 1.68 bits per heavy atom. The Balaban J connectivity index is 2.16. The van der Waals surface area contributed by atoms with Gasteiger partial charge in [-0.1, -0.05) is 30.3 Å². The van der Waals surface area contributed by atoms with Crippen molar-refractivity contribution < 1.29 is 17.9 Å². The molecule has 0 radical (unpaired) electrons. The summed E-state index contributed by atoms with van der Waals surface area (Å²) in [6.45, 7) is 0.173. The highest BCUT2D eigenvalue weighted by Gasteiger charge is 2.31. The fourth-order valence-electron chi connectivity index (χ4n) is 1.57. The van der Waals surface area contributed by atoms with Crippen molar-refractivity contribution in [2.45, 2.75) is 12.8 Å². The van der Waals surface area contributed by atoms with E-state index in [0.29, 0.717) is 0 Å². The molecule has 0 aromatic heterocycles. The van der Waals surface area contributed by atoms with E-state index >= 15 is 0 Å². The summed E-state index contributed by atoms with van der Waals surface area (Å²) < 4.78 is 43.0. The van der Waals surface area contributed by atoms with Crippen LogP contribution in [0.15, 0.2) is 48.5 Å². The standard InChI is InChI=1S/C14H12F3NO/c15-14(16,17)11-6-7-12(18)13(8-11)19-9-10-4-2-1-3-5-10/h1-8H,9,18H2. The molecule has 5 heteroatoms. The van der Waals surface area contributed by atoms with E-state index in [9.17, 15) is 13.2 Å². The quantitative estimate of drug-likeness (QED) is 0.857. The van der Waals surface area contributed by atoms with Crippen molar-refractivity contribution in [2.24, 2.45) is 0 Å². The van der Waals surface area contributed by atoms with Gasteiger partial charge in [0.25, 0.3) is 0 Å². The molecule has 0 bridgehead atoms. The summed E-state index contributed by atoms with van der Waals surface area (Å²) in [4.78, 5) is 0. The van der Waals surface area contributed by atoms with Crippen LogP contribution in [0.5, 0.6) is 5.75 Å². The van der Waals surface area contributed by atoms with E-state index in [1.165, 1.54) is 6.07 Å². The normalized spacial score (nSPS) is 11.3. The van der Waals surface area contributed by atoms with Crippen LogP contribution < -0.4 is 10.5 Å². The highest BCUT2D eigenvalue weighted by molar-refractivity contribution is 5.54. The van der Waals surface area contributed by atoms with Crippen molar-refractivity contribution in [3.63, 3.8) is 0 Å². The van der Waals surface area contributed by atoms with Crippen LogP contribution >= 0.6 is 0 Å². The lowest BCUT2D eigenvalue weighted by atomic mass is 10.2. The first kappa shape index (κ1) is 13.3. The fraction of sp³-hybridized carbons (Fsp3) is 0.143. The number of ether oxygens (including phenoxy) is 1. The smallest absolute Gasteiger partial charge is 0.416 e. The largest absolute Gasteiger partial charge is 0.487 e. The van der Waals surface area contributed by atoms with Crippen LogP contribution in [0.1, 0.15) is 11.1 Å². The highest BCUT2D eigenvalue weighted by Crippen LogP contribution is 2.34. The Morgan fingerprint density at radius 3 is 2.32 bits per heavy atom. The van der Waals surface area contributed by atoms with Gasteiger partial charge < -0.3 is 10.5 Å². The number of nitrogen functional groups attached to an aromatic ring is 1. The van der Waals surface area contributed by atoms with Crippen LogP contribution in [0.3, 0.4) is 0 Å². The Bertz CT molecular complexity index is 552. The summed E-state index contributed by atoms with van der Waals surface area (Å²) in [6.07, 6.45) is -4.40. The number of rotatable bonds is 3. The average molecular weight is 267 g/mol. The maximum Gasteiger partial charge on any atom is 0.416 e. The maximum absolute atomic E-state index is 12.6. The number of nitrogens with two attached hydrogens (primary N) is 1. The molecule has 0 atom stereocenters. The summed E-state index contributed by atoms with van der Waals surface area (Å²) in [6, 6.07) is 12.2. The van der Waals surface area contributed by atoms with Gasteiger partial charge in [0, 0.05) is 0 Å². The average Bonchev–Trinajstić information content (AvgIpc) is 2.37. The molecule has 2 N–H and O–H groups in total. The molecule has 2 aromatic rings. The van der Waals surface area contributed by atoms with E-state index in [2.05, 4.69) is 0 Å². The topological polar surface area (TPSA) is 35.2 Å². The molecule has 0 aliphatic carbocycles. The molecular formula is C14H12F3NO. The number of anilines is 1. The zero-order chi connectivity index (χ0) is 13.9. The second-order valence-corrected chi connectivity index (χ2v) is 4.02. The van der Waals surface area contributed by atoms with E-state index < -0.39 is 11.7 Å². The van der Waals surface area contributed by atoms with Gasteiger partial charge in [-0.3, -0.25) is 0 Å². The van der Waals surface area contributed by atoms with E-state index in [-0.39, 0.29) is 18.0 Å². The minimum Gasteiger partial charge on any atom is -0.487 e. The number of hydrogen-bond acceptors (Lipinski definition) is 2.